The van der Waals surface area contributed by atoms with Gasteiger partial charge in [0.1, 0.15) is 12.2 Å². The highest BCUT2D eigenvalue weighted by molar-refractivity contribution is 4.77. The lowest BCUT2D eigenvalue weighted by Crippen LogP contribution is -2.46. The van der Waals surface area contributed by atoms with Gasteiger partial charge < -0.3 is 45.1 Å². The molecule has 0 radical (unpaired) electrons. The summed E-state index contributed by atoms with van der Waals surface area (Å²) in [5.74, 6) is 0. The van der Waals surface area contributed by atoms with E-state index >= 15 is 0 Å². The summed E-state index contributed by atoms with van der Waals surface area (Å²) in [5.41, 5.74) is 0. The van der Waals surface area contributed by atoms with Crippen LogP contribution in [0.15, 0.2) is 0 Å². The maximum Gasteiger partial charge on any atom is 0.183 e. The van der Waals surface area contributed by atoms with E-state index in [0.29, 0.717) is 19.8 Å². The maximum atomic E-state index is 9.57. The van der Waals surface area contributed by atoms with Crippen molar-refractivity contribution in [2.75, 3.05) is 53.2 Å². The van der Waals surface area contributed by atoms with Gasteiger partial charge in [0.15, 0.2) is 6.29 Å². The highest BCUT2D eigenvalue weighted by Crippen LogP contribution is 2.08. The Bertz CT molecular complexity index is 246. The minimum atomic E-state index is -1.67. The van der Waals surface area contributed by atoms with E-state index in [1.54, 1.807) is 0 Å². The van der Waals surface area contributed by atoms with E-state index in [1.165, 1.54) is 0 Å². The minimum Gasteiger partial charge on any atom is -0.396 e. The van der Waals surface area contributed by atoms with Crippen molar-refractivity contribution in [1.82, 2.24) is 5.32 Å². The fraction of sp³-hybridized carbons (Fsp3) is 1.00. The number of aliphatic hydroxyl groups is 5. The minimum absolute atomic E-state index is 0.0115. The van der Waals surface area contributed by atoms with Gasteiger partial charge >= 0.3 is 0 Å². The van der Waals surface area contributed by atoms with Crippen LogP contribution >= 0.6 is 0 Å². The van der Waals surface area contributed by atoms with E-state index in [0.717, 1.165) is 6.54 Å². The molecule has 4 unspecified atom stereocenters. The first kappa shape index (κ1) is 21.6. The van der Waals surface area contributed by atoms with Crippen molar-refractivity contribution in [2.45, 2.75) is 31.0 Å². The SMILES string of the molecule is CNCCOCCOCCOC(O)C(O)C(O)C(O)CCO. The monoisotopic (exact) mass is 327 g/mol. The van der Waals surface area contributed by atoms with Crippen molar-refractivity contribution < 1.29 is 39.7 Å². The summed E-state index contributed by atoms with van der Waals surface area (Å²) < 4.78 is 15.3. The molecule has 0 fully saturated rings. The average Bonchev–Trinajstić information content (AvgIpc) is 2.51. The second-order valence-corrected chi connectivity index (χ2v) is 4.65. The Morgan fingerprint density at radius 1 is 0.864 bits per heavy atom. The molecular formula is C13H29NO8. The lowest BCUT2D eigenvalue weighted by atomic mass is 10.1. The van der Waals surface area contributed by atoms with Gasteiger partial charge in [-0.2, -0.15) is 0 Å². The third-order valence-electron chi connectivity index (χ3n) is 2.85. The second kappa shape index (κ2) is 14.2. The smallest absolute Gasteiger partial charge is 0.183 e. The molecule has 0 saturated carbocycles. The van der Waals surface area contributed by atoms with E-state index in [9.17, 15) is 20.4 Å². The Labute approximate surface area is 130 Å². The fourth-order valence-corrected chi connectivity index (χ4v) is 1.52. The highest BCUT2D eigenvalue weighted by atomic mass is 16.6. The van der Waals surface area contributed by atoms with E-state index in [2.05, 4.69) is 5.32 Å². The summed E-state index contributed by atoms with van der Waals surface area (Å²) in [6.45, 7) is 2.04. The summed E-state index contributed by atoms with van der Waals surface area (Å²) in [7, 11) is 1.83. The predicted octanol–water partition coefficient (Wildman–Crippen LogP) is -2.96. The maximum absolute atomic E-state index is 9.57. The third kappa shape index (κ3) is 10.4. The number of rotatable bonds is 15. The lowest BCUT2D eigenvalue weighted by molar-refractivity contribution is -0.207. The molecular weight excluding hydrogens is 298 g/mol. The van der Waals surface area contributed by atoms with Crippen molar-refractivity contribution in [1.29, 1.82) is 0 Å². The first-order chi connectivity index (χ1) is 10.5. The van der Waals surface area contributed by atoms with Gasteiger partial charge in [-0.05, 0) is 13.5 Å². The molecule has 0 spiro atoms. The van der Waals surface area contributed by atoms with Crippen LogP contribution in [-0.4, -0.2) is 103 Å². The first-order valence-corrected chi connectivity index (χ1v) is 7.29. The molecule has 0 aliphatic heterocycles. The van der Waals surface area contributed by atoms with Gasteiger partial charge in [0.25, 0.3) is 0 Å². The molecule has 0 aromatic carbocycles. The molecule has 0 aromatic heterocycles. The Balaban J connectivity index is 3.61. The molecule has 0 amide bonds. The van der Waals surface area contributed by atoms with Crippen LogP contribution < -0.4 is 5.32 Å². The Morgan fingerprint density at radius 2 is 1.45 bits per heavy atom. The van der Waals surface area contributed by atoms with E-state index < -0.39 is 24.6 Å². The predicted molar refractivity (Wildman–Crippen MR) is 77.2 cm³/mol. The number of aliphatic hydroxyl groups excluding tert-OH is 5. The van der Waals surface area contributed by atoms with Crippen molar-refractivity contribution in [3.05, 3.63) is 0 Å². The topological polar surface area (TPSA) is 141 Å². The molecule has 0 aromatic rings. The van der Waals surface area contributed by atoms with E-state index in [-0.39, 0.29) is 26.2 Å². The lowest BCUT2D eigenvalue weighted by Gasteiger charge is -2.26. The van der Waals surface area contributed by atoms with Gasteiger partial charge in [-0.1, -0.05) is 0 Å². The molecule has 0 bridgehead atoms. The van der Waals surface area contributed by atoms with Gasteiger partial charge in [-0.15, -0.1) is 0 Å². The molecule has 9 nitrogen and oxygen atoms in total. The Kier molecular flexibility index (Phi) is 14.0. The van der Waals surface area contributed by atoms with Crippen LogP contribution in [0, 0.1) is 0 Å². The summed E-state index contributed by atoms with van der Waals surface area (Å²) in [6.07, 6.45) is -6.39. The summed E-state index contributed by atoms with van der Waals surface area (Å²) in [6, 6.07) is 0. The van der Waals surface area contributed by atoms with E-state index in [4.69, 9.17) is 19.3 Å². The van der Waals surface area contributed by atoms with Gasteiger partial charge in [-0.3, -0.25) is 0 Å². The number of likely N-dealkylation sites (N-methyl/N-ethyl adjacent to an activating group) is 1. The fourth-order valence-electron chi connectivity index (χ4n) is 1.52. The number of ether oxygens (including phenoxy) is 3. The van der Waals surface area contributed by atoms with Gasteiger partial charge in [0.2, 0.25) is 0 Å². The van der Waals surface area contributed by atoms with Crippen LogP contribution in [0.25, 0.3) is 0 Å². The summed E-state index contributed by atoms with van der Waals surface area (Å²) >= 11 is 0. The van der Waals surface area contributed by atoms with Crippen LogP contribution in [0.5, 0.6) is 0 Å². The molecule has 0 saturated heterocycles. The molecule has 134 valence electrons. The van der Waals surface area contributed by atoms with Crippen molar-refractivity contribution in [3.8, 4) is 0 Å². The van der Waals surface area contributed by atoms with Crippen LogP contribution in [0.3, 0.4) is 0 Å². The normalized spacial score (nSPS) is 17.2. The number of nitrogens with one attached hydrogen (secondary N) is 1. The zero-order valence-electron chi connectivity index (χ0n) is 12.9. The number of hydrogen-bond donors (Lipinski definition) is 6. The molecule has 9 heteroatoms. The Morgan fingerprint density at radius 3 is 2.05 bits per heavy atom. The summed E-state index contributed by atoms with van der Waals surface area (Å²) in [4.78, 5) is 0. The molecule has 0 aliphatic carbocycles. The molecule has 0 rings (SSSR count). The largest absolute Gasteiger partial charge is 0.396 e. The van der Waals surface area contributed by atoms with Gasteiger partial charge in [0, 0.05) is 13.2 Å². The average molecular weight is 327 g/mol. The van der Waals surface area contributed by atoms with Gasteiger partial charge in [-0.25, -0.2) is 0 Å². The third-order valence-corrected chi connectivity index (χ3v) is 2.85. The number of hydrogen-bond acceptors (Lipinski definition) is 9. The standard InChI is InChI=1S/C13H29NO8/c1-14-3-5-20-6-7-21-8-9-22-13(19)12(18)11(17)10(16)2-4-15/h10-19H,2-9H2,1H3. The van der Waals surface area contributed by atoms with E-state index in [1.807, 2.05) is 7.05 Å². The molecule has 0 heterocycles. The van der Waals surface area contributed by atoms with Crippen LogP contribution in [0.4, 0.5) is 0 Å². The second-order valence-electron chi connectivity index (χ2n) is 4.65. The quantitative estimate of drug-likeness (QED) is 0.137. The van der Waals surface area contributed by atoms with Crippen LogP contribution in [0.2, 0.25) is 0 Å². The molecule has 6 N–H and O–H groups in total. The Hall–Kier alpha value is -0.360. The zero-order valence-corrected chi connectivity index (χ0v) is 12.9. The summed E-state index contributed by atoms with van der Waals surface area (Å²) in [5, 5.41) is 49.6. The molecule has 4 atom stereocenters. The van der Waals surface area contributed by atoms with Gasteiger partial charge in [0.05, 0.1) is 39.1 Å². The highest BCUT2D eigenvalue weighted by Gasteiger charge is 2.30. The van der Waals surface area contributed by atoms with Crippen molar-refractivity contribution in [2.24, 2.45) is 0 Å². The molecule has 0 aliphatic rings. The van der Waals surface area contributed by atoms with Crippen molar-refractivity contribution in [3.63, 3.8) is 0 Å². The van der Waals surface area contributed by atoms with Crippen LogP contribution in [0.1, 0.15) is 6.42 Å². The van der Waals surface area contributed by atoms with Crippen molar-refractivity contribution >= 4 is 0 Å². The zero-order chi connectivity index (χ0) is 16.8. The van der Waals surface area contributed by atoms with Crippen LogP contribution in [-0.2, 0) is 14.2 Å². The first-order valence-electron chi connectivity index (χ1n) is 7.29. The molecule has 22 heavy (non-hydrogen) atoms.